The summed E-state index contributed by atoms with van der Waals surface area (Å²) in [5, 5.41) is 10.3. The fourth-order valence-corrected chi connectivity index (χ4v) is 6.61. The van der Waals surface area contributed by atoms with E-state index in [4.69, 9.17) is 9.73 Å². The van der Waals surface area contributed by atoms with Crippen LogP contribution in [0.2, 0.25) is 0 Å². The molecule has 6 nitrogen and oxygen atoms in total. The van der Waals surface area contributed by atoms with E-state index in [1.54, 1.807) is 29.2 Å². The molecule has 4 aromatic carbocycles. The summed E-state index contributed by atoms with van der Waals surface area (Å²) in [5.74, 6) is -0.745. The minimum atomic E-state index is -4.37. The number of rotatable bonds is 9. The number of halogens is 5. The number of amidine groups is 1. The Kier molecular flexibility index (Phi) is 9.24. The zero-order valence-corrected chi connectivity index (χ0v) is 26.2. The molecule has 11 heteroatoms. The highest BCUT2D eigenvalue weighted by atomic mass is 19.4. The largest absolute Gasteiger partial charge is 0.504 e. The molecule has 1 amide bonds. The van der Waals surface area contributed by atoms with Gasteiger partial charge in [-0.05, 0) is 116 Å². The molecule has 0 aliphatic carbocycles. The fraction of sp³-hybridized carbons (Fsp3) is 0.297. The van der Waals surface area contributed by atoms with Crippen molar-refractivity contribution in [2.24, 2.45) is 4.99 Å². The van der Waals surface area contributed by atoms with Crippen LogP contribution in [-0.4, -0.2) is 59.9 Å². The van der Waals surface area contributed by atoms with Gasteiger partial charge in [-0.15, -0.1) is 0 Å². The molecule has 1 N–H and O–H groups in total. The Labute approximate surface area is 275 Å². The van der Waals surface area contributed by atoms with E-state index in [1.165, 1.54) is 61.7 Å². The van der Waals surface area contributed by atoms with Crippen LogP contribution in [0.25, 0.3) is 0 Å². The zero-order chi connectivity index (χ0) is 34.1. The summed E-state index contributed by atoms with van der Waals surface area (Å²) in [6, 6.07) is 21.1. The molecule has 0 aromatic heterocycles. The van der Waals surface area contributed by atoms with E-state index in [9.17, 15) is 31.9 Å². The molecule has 2 aliphatic heterocycles. The summed E-state index contributed by atoms with van der Waals surface area (Å²) in [6.45, 7) is 2.45. The maximum atomic E-state index is 14.6. The molecular formula is C37H34F5N3O3. The molecule has 0 spiro atoms. The summed E-state index contributed by atoms with van der Waals surface area (Å²) in [5.41, 5.74) is -0.0401. The number of ether oxygens (including phenoxy) is 1. The smallest absolute Gasteiger partial charge is 0.416 e. The number of nitrogens with zero attached hydrogens (tertiary/aromatic N) is 3. The zero-order valence-electron chi connectivity index (χ0n) is 26.2. The number of aliphatic imine (C=N–C) groups is 1. The Hall–Kier alpha value is -4.77. The van der Waals surface area contributed by atoms with Gasteiger partial charge in [0.1, 0.15) is 17.5 Å². The van der Waals surface area contributed by atoms with Crippen LogP contribution < -0.4 is 4.74 Å². The standard InChI is InChI=1S/C37H34F5N3O3/c1-48-33-23-26(5-16-32(33)46)34-43-36(27-8-12-30(38)13-9-27,28-10-14-31(39)15-11-28)35(47)45(34)20-2-19-44-21-17-25(18-22-44)24-3-6-29(7-4-24)37(40,41)42/h3-16,23,25,46H,2,17-22H2,1H3. The summed E-state index contributed by atoms with van der Waals surface area (Å²) in [6.07, 6.45) is -2.19. The van der Waals surface area contributed by atoms with Crippen molar-refractivity contribution in [3.63, 3.8) is 0 Å². The average Bonchev–Trinajstić information content (AvgIpc) is 3.38. The maximum absolute atomic E-state index is 14.6. The monoisotopic (exact) mass is 663 g/mol. The molecule has 4 aromatic rings. The van der Waals surface area contributed by atoms with Crippen molar-refractivity contribution in [1.82, 2.24) is 9.80 Å². The lowest BCUT2D eigenvalue weighted by atomic mass is 9.82. The van der Waals surface area contributed by atoms with Gasteiger partial charge in [-0.25, -0.2) is 13.8 Å². The van der Waals surface area contributed by atoms with Crippen LogP contribution >= 0.6 is 0 Å². The van der Waals surface area contributed by atoms with Crippen LogP contribution in [0, 0.1) is 11.6 Å². The van der Waals surface area contributed by atoms with Crippen LogP contribution in [0.1, 0.15) is 53.0 Å². The summed E-state index contributed by atoms with van der Waals surface area (Å²) in [7, 11) is 1.42. The van der Waals surface area contributed by atoms with Crippen LogP contribution in [0.5, 0.6) is 11.5 Å². The van der Waals surface area contributed by atoms with Crippen molar-refractivity contribution in [3.05, 3.63) is 130 Å². The molecule has 0 saturated carbocycles. The van der Waals surface area contributed by atoms with Crippen LogP contribution in [-0.2, 0) is 16.5 Å². The second kappa shape index (κ2) is 13.4. The minimum absolute atomic E-state index is 0.0826. The number of carbonyl (C=O) groups excluding carboxylic acids is 1. The molecule has 250 valence electrons. The van der Waals surface area contributed by atoms with E-state index in [0.29, 0.717) is 35.5 Å². The normalized spacial score (nSPS) is 17.1. The Morgan fingerprint density at radius 3 is 1.98 bits per heavy atom. The van der Waals surface area contributed by atoms with E-state index in [-0.39, 0.29) is 29.9 Å². The minimum Gasteiger partial charge on any atom is -0.504 e. The van der Waals surface area contributed by atoms with E-state index in [2.05, 4.69) is 4.90 Å². The van der Waals surface area contributed by atoms with E-state index in [0.717, 1.165) is 43.6 Å². The van der Waals surface area contributed by atoms with Gasteiger partial charge in [0.2, 0.25) is 0 Å². The summed E-state index contributed by atoms with van der Waals surface area (Å²) < 4.78 is 72.4. The van der Waals surface area contributed by atoms with Crippen LogP contribution in [0.15, 0.2) is 96.0 Å². The van der Waals surface area contributed by atoms with Crippen molar-refractivity contribution in [2.45, 2.75) is 36.9 Å². The van der Waals surface area contributed by atoms with Crippen molar-refractivity contribution in [3.8, 4) is 11.5 Å². The average molecular weight is 664 g/mol. The van der Waals surface area contributed by atoms with Gasteiger partial charge < -0.3 is 14.7 Å². The van der Waals surface area contributed by atoms with Crippen molar-refractivity contribution >= 4 is 11.7 Å². The molecule has 2 heterocycles. The SMILES string of the molecule is COc1cc(C2=NC(c3ccc(F)cc3)(c3ccc(F)cc3)C(=O)N2CCCN2CCC(c3ccc(C(F)(F)F)cc3)CC2)ccc1O. The number of piperidine rings is 1. The number of aromatic hydroxyl groups is 1. The number of phenolic OH excluding ortho intramolecular Hbond substituents is 1. The van der Waals surface area contributed by atoms with E-state index < -0.39 is 28.9 Å². The summed E-state index contributed by atoms with van der Waals surface area (Å²) >= 11 is 0. The number of methoxy groups -OCH3 is 1. The van der Waals surface area contributed by atoms with Crippen molar-refractivity contribution < 1.29 is 36.6 Å². The predicted molar refractivity (Wildman–Crippen MR) is 171 cm³/mol. The third-order valence-electron chi connectivity index (χ3n) is 9.20. The lowest BCUT2D eigenvalue weighted by Crippen LogP contribution is -2.43. The molecule has 1 saturated heterocycles. The third kappa shape index (κ3) is 6.51. The summed E-state index contributed by atoms with van der Waals surface area (Å²) in [4.78, 5) is 23.5. The van der Waals surface area contributed by atoms with Crippen molar-refractivity contribution in [1.29, 1.82) is 0 Å². The van der Waals surface area contributed by atoms with Gasteiger partial charge in [0.25, 0.3) is 5.91 Å². The van der Waals surface area contributed by atoms with Gasteiger partial charge >= 0.3 is 6.18 Å². The number of hydrogen-bond acceptors (Lipinski definition) is 5. The number of phenols is 1. The van der Waals surface area contributed by atoms with Crippen LogP contribution in [0.4, 0.5) is 22.0 Å². The number of hydrogen-bond donors (Lipinski definition) is 1. The Bertz CT molecular complexity index is 1740. The number of amides is 1. The molecule has 0 unspecified atom stereocenters. The number of benzene rings is 4. The van der Waals surface area contributed by atoms with Gasteiger partial charge in [-0.3, -0.25) is 9.69 Å². The Balaban J connectivity index is 1.24. The first-order valence-electron chi connectivity index (χ1n) is 15.7. The maximum Gasteiger partial charge on any atom is 0.416 e. The van der Waals surface area contributed by atoms with E-state index in [1.807, 2.05) is 0 Å². The lowest BCUT2D eigenvalue weighted by molar-refractivity contribution is -0.137. The second-order valence-electron chi connectivity index (χ2n) is 12.1. The molecule has 1 fully saturated rings. The molecule has 0 radical (unpaired) electrons. The lowest BCUT2D eigenvalue weighted by Gasteiger charge is -2.33. The Morgan fingerprint density at radius 1 is 0.854 bits per heavy atom. The van der Waals surface area contributed by atoms with Crippen molar-refractivity contribution in [2.75, 3.05) is 33.3 Å². The molecular weight excluding hydrogens is 629 g/mol. The number of carbonyl (C=O) groups is 1. The third-order valence-corrected chi connectivity index (χ3v) is 9.20. The highest BCUT2D eigenvalue weighted by Gasteiger charge is 2.51. The first kappa shape index (κ1) is 33.1. The predicted octanol–water partition coefficient (Wildman–Crippen LogP) is 7.50. The molecule has 0 bridgehead atoms. The second-order valence-corrected chi connectivity index (χ2v) is 12.1. The first-order valence-corrected chi connectivity index (χ1v) is 15.7. The quantitative estimate of drug-likeness (QED) is 0.189. The molecule has 2 aliphatic rings. The molecule has 6 rings (SSSR count). The van der Waals surface area contributed by atoms with Gasteiger partial charge in [-0.2, -0.15) is 13.2 Å². The number of alkyl halides is 3. The highest BCUT2D eigenvalue weighted by Crippen LogP contribution is 2.42. The van der Waals surface area contributed by atoms with Gasteiger partial charge in [-0.1, -0.05) is 36.4 Å². The fourth-order valence-electron chi connectivity index (χ4n) is 6.61. The van der Waals surface area contributed by atoms with E-state index >= 15 is 0 Å². The highest BCUT2D eigenvalue weighted by molar-refractivity contribution is 6.16. The molecule has 0 atom stereocenters. The first-order chi connectivity index (χ1) is 23.0. The number of likely N-dealkylation sites (tertiary alicyclic amines) is 1. The molecule has 48 heavy (non-hydrogen) atoms. The van der Waals surface area contributed by atoms with Crippen LogP contribution in [0.3, 0.4) is 0 Å². The van der Waals surface area contributed by atoms with Gasteiger partial charge in [0.05, 0.1) is 12.7 Å². The van der Waals surface area contributed by atoms with Gasteiger partial charge in [0, 0.05) is 12.1 Å². The van der Waals surface area contributed by atoms with Gasteiger partial charge in [0.15, 0.2) is 17.0 Å². The Morgan fingerprint density at radius 2 is 1.44 bits per heavy atom. The topological polar surface area (TPSA) is 65.4 Å².